The lowest BCUT2D eigenvalue weighted by atomic mass is 10.4. The molecule has 0 aromatic carbocycles. The van der Waals surface area contributed by atoms with Crippen molar-refractivity contribution in [1.82, 2.24) is 19.9 Å². The average molecular weight is 757 g/mol. The second-order valence-electron chi connectivity index (χ2n) is 11.4. The molecule has 0 unspecified atom stereocenters. The minimum Gasteiger partial charge on any atom is -0.454 e. The smallest absolute Gasteiger partial charge is 0.187 e. The second kappa shape index (κ2) is 26.4. The average Bonchev–Trinajstić information content (AvgIpc) is 3.08. The molecule has 2 aromatic heterocycles. The van der Waals surface area contributed by atoms with Crippen LogP contribution in [0.3, 0.4) is 0 Å². The molecule has 2 rings (SSSR count). The van der Waals surface area contributed by atoms with E-state index < -0.39 is 16.6 Å². The van der Waals surface area contributed by atoms with E-state index in [9.17, 15) is 0 Å². The van der Waals surface area contributed by atoms with Crippen molar-refractivity contribution in [1.29, 1.82) is 0 Å². The maximum atomic E-state index is 8.21. The third-order valence-electron chi connectivity index (χ3n) is 5.84. The van der Waals surface area contributed by atoms with Gasteiger partial charge in [-0.05, 0) is 37.3 Å². The molecule has 0 atom stereocenters. The molecule has 0 fully saturated rings. The molecule has 0 radical (unpaired) electrons. The van der Waals surface area contributed by atoms with E-state index in [0.29, 0.717) is 92.4 Å². The fourth-order valence-corrected chi connectivity index (χ4v) is 15.7. The number of ether oxygens (including phenoxy) is 6. The van der Waals surface area contributed by atoms with Gasteiger partial charge in [0.15, 0.2) is 26.9 Å². The van der Waals surface area contributed by atoms with Gasteiger partial charge in [0.2, 0.25) is 0 Å². The van der Waals surface area contributed by atoms with Crippen molar-refractivity contribution < 1.29 is 32.5 Å². The van der Waals surface area contributed by atoms with Crippen LogP contribution < -0.4 is 0 Å². The zero-order valence-corrected chi connectivity index (χ0v) is 32.4. The number of rotatable bonds is 30. The minimum atomic E-state index is -1.99. The van der Waals surface area contributed by atoms with Crippen LogP contribution in [0.4, 0.5) is 0 Å². The normalized spacial score (nSPS) is 11.7. The van der Waals surface area contributed by atoms with Crippen molar-refractivity contribution in [3.8, 4) is 0 Å². The Kier molecular flexibility index (Phi) is 23.1. The number of nitrogens with zero attached hydrogens (tertiary/aromatic N) is 10. The maximum Gasteiger partial charge on any atom is 0.187 e. The van der Waals surface area contributed by atoms with E-state index in [4.69, 9.17) is 43.6 Å². The van der Waals surface area contributed by atoms with Crippen molar-refractivity contribution in [3.05, 3.63) is 56.8 Å². The SMILES string of the molecule is C[Si](C)(CSc1ncc(COCCOCCOCCN=[N+]=[N-])cn1)O[Si](C)(C)CSc1ncc(COCCOCCOCCN=[N+]=[N-])cn1. The lowest BCUT2D eigenvalue weighted by Gasteiger charge is -2.33. The Morgan fingerprint density at radius 3 is 1.22 bits per heavy atom. The Hall–Kier alpha value is -2.37. The van der Waals surface area contributed by atoms with E-state index in [2.05, 4.69) is 66.2 Å². The first-order valence-electron chi connectivity index (χ1n) is 15.8. The van der Waals surface area contributed by atoms with Crippen LogP contribution in [0.5, 0.6) is 0 Å². The number of azide groups is 2. The van der Waals surface area contributed by atoms with E-state index in [1.54, 1.807) is 48.3 Å². The van der Waals surface area contributed by atoms with Crippen LogP contribution >= 0.6 is 23.5 Å². The first-order valence-corrected chi connectivity index (χ1v) is 24.0. The number of thioether (sulfide) groups is 2. The summed E-state index contributed by atoms with van der Waals surface area (Å²) in [5.74, 6) is 0. The van der Waals surface area contributed by atoms with Crippen LogP contribution in [0.2, 0.25) is 26.2 Å². The zero-order chi connectivity index (χ0) is 35.5. The molecule has 2 aromatic rings. The fourth-order valence-electron chi connectivity index (χ4n) is 3.83. The number of hydrogen-bond acceptors (Lipinski definition) is 15. The van der Waals surface area contributed by atoms with Gasteiger partial charge in [-0.1, -0.05) is 33.8 Å². The molecule has 0 saturated heterocycles. The Labute approximate surface area is 298 Å². The molecular formula is C28H48N10O7S2Si2. The first kappa shape index (κ1) is 42.8. The summed E-state index contributed by atoms with van der Waals surface area (Å²) in [4.78, 5) is 23.3. The van der Waals surface area contributed by atoms with E-state index in [0.717, 1.165) is 32.2 Å². The molecule has 0 amide bonds. The number of hydrogen-bond donors (Lipinski definition) is 0. The number of aromatic nitrogens is 4. The quantitative estimate of drug-likeness (QED) is 0.0187. The molecule has 21 heteroatoms. The van der Waals surface area contributed by atoms with Crippen LogP contribution in [0.1, 0.15) is 11.1 Å². The lowest BCUT2D eigenvalue weighted by Crippen LogP contribution is -2.48. The predicted octanol–water partition coefficient (Wildman–Crippen LogP) is 5.38. The van der Waals surface area contributed by atoms with Crippen molar-refractivity contribution in [2.24, 2.45) is 10.2 Å². The van der Waals surface area contributed by atoms with Gasteiger partial charge in [0.05, 0.1) is 79.3 Å². The molecule has 0 saturated carbocycles. The molecule has 0 bridgehead atoms. The van der Waals surface area contributed by atoms with Crippen molar-refractivity contribution in [2.75, 3.05) is 89.9 Å². The first-order chi connectivity index (χ1) is 23.7. The highest BCUT2D eigenvalue weighted by atomic mass is 32.2. The van der Waals surface area contributed by atoms with Crippen LogP contribution in [-0.4, -0.2) is 126 Å². The van der Waals surface area contributed by atoms with Crippen LogP contribution in [-0.2, 0) is 45.8 Å². The van der Waals surface area contributed by atoms with E-state index in [1.807, 2.05) is 0 Å². The summed E-state index contributed by atoms with van der Waals surface area (Å²) in [5.41, 5.74) is 18.2. The molecule has 0 spiro atoms. The van der Waals surface area contributed by atoms with Gasteiger partial charge in [0, 0.05) is 69.6 Å². The Balaban J connectivity index is 1.57. The molecular weight excluding hydrogens is 709 g/mol. The molecule has 2 heterocycles. The van der Waals surface area contributed by atoms with Crippen LogP contribution in [0.15, 0.2) is 45.3 Å². The van der Waals surface area contributed by atoms with E-state index >= 15 is 0 Å². The molecule has 0 aliphatic rings. The summed E-state index contributed by atoms with van der Waals surface area (Å²) >= 11 is 3.25. The lowest BCUT2D eigenvalue weighted by molar-refractivity contribution is 0.0118. The molecule has 0 N–H and O–H groups in total. The topological polar surface area (TPSA) is 214 Å². The highest BCUT2D eigenvalue weighted by Crippen LogP contribution is 2.26. The Bertz CT molecular complexity index is 1170. The highest BCUT2D eigenvalue weighted by Gasteiger charge is 2.33. The standard InChI is InChI=1S/C28H48N10O7S2Si2/c1-48(2,23-46-27-31-17-25(18-32-27)21-43-15-13-41-11-9-39-7-5-35-37-29)45-49(3,4)24-47-28-33-19-26(20-34-28)22-44-16-14-42-12-10-40-8-6-36-38-30/h17-20H,5-16,21-24H2,1-4H3. The molecule has 0 aliphatic carbocycles. The highest BCUT2D eigenvalue weighted by molar-refractivity contribution is 8.01. The van der Waals surface area contributed by atoms with Gasteiger partial charge in [0.1, 0.15) is 0 Å². The third-order valence-corrected chi connectivity index (χ3v) is 17.9. The summed E-state index contributed by atoms with van der Waals surface area (Å²) in [6.07, 6.45) is 7.17. The monoisotopic (exact) mass is 756 g/mol. The van der Waals surface area contributed by atoms with Crippen LogP contribution in [0.25, 0.3) is 20.9 Å². The second-order valence-corrected chi connectivity index (χ2v) is 22.9. The van der Waals surface area contributed by atoms with Gasteiger partial charge in [-0.25, -0.2) is 19.9 Å². The maximum absolute atomic E-state index is 8.21. The van der Waals surface area contributed by atoms with Crippen molar-refractivity contribution in [2.45, 2.75) is 49.7 Å². The van der Waals surface area contributed by atoms with Gasteiger partial charge < -0.3 is 32.5 Å². The van der Waals surface area contributed by atoms with Gasteiger partial charge in [0.25, 0.3) is 0 Å². The largest absolute Gasteiger partial charge is 0.454 e. The van der Waals surface area contributed by atoms with Crippen LogP contribution in [0, 0.1) is 0 Å². The Morgan fingerprint density at radius 2 is 0.878 bits per heavy atom. The van der Waals surface area contributed by atoms with Crippen molar-refractivity contribution >= 4 is 40.2 Å². The van der Waals surface area contributed by atoms with Crippen molar-refractivity contribution in [3.63, 3.8) is 0 Å². The van der Waals surface area contributed by atoms with Gasteiger partial charge in [-0.2, -0.15) is 0 Å². The summed E-state index contributed by atoms with van der Waals surface area (Å²) in [6, 6.07) is 0. The van der Waals surface area contributed by atoms with E-state index in [-0.39, 0.29) is 0 Å². The Morgan fingerprint density at radius 1 is 0.551 bits per heavy atom. The summed E-state index contributed by atoms with van der Waals surface area (Å²) < 4.78 is 39.5. The summed E-state index contributed by atoms with van der Waals surface area (Å²) in [5, 5.41) is 9.93. The minimum absolute atomic E-state index is 0.319. The zero-order valence-electron chi connectivity index (χ0n) is 28.8. The van der Waals surface area contributed by atoms with E-state index in [1.165, 1.54) is 0 Å². The summed E-state index contributed by atoms with van der Waals surface area (Å²) in [6.45, 7) is 14.8. The molecule has 272 valence electrons. The molecule has 17 nitrogen and oxygen atoms in total. The summed E-state index contributed by atoms with van der Waals surface area (Å²) in [7, 11) is -3.99. The predicted molar refractivity (Wildman–Crippen MR) is 192 cm³/mol. The third kappa shape index (κ3) is 22.9. The fraction of sp³-hybridized carbons (Fsp3) is 0.714. The van der Waals surface area contributed by atoms with Gasteiger partial charge in [-0.15, -0.1) is 0 Å². The van der Waals surface area contributed by atoms with Gasteiger partial charge in [-0.3, -0.25) is 0 Å². The van der Waals surface area contributed by atoms with Gasteiger partial charge >= 0.3 is 0 Å². The molecule has 0 aliphatic heterocycles. The molecule has 49 heavy (non-hydrogen) atoms.